The molecule has 0 unspecified atom stereocenters. The predicted octanol–water partition coefficient (Wildman–Crippen LogP) is 4.46. The molecule has 0 aliphatic rings. The van der Waals surface area contributed by atoms with Crippen molar-refractivity contribution in [1.29, 1.82) is 0 Å². The average molecular weight is 228 g/mol. The minimum atomic E-state index is -2.17. The molecule has 13 heavy (non-hydrogen) atoms. The van der Waals surface area contributed by atoms with Crippen molar-refractivity contribution in [2.45, 2.75) is 51.0 Å². The minimum absolute atomic E-state index is 0.0159. The van der Waals surface area contributed by atoms with E-state index in [4.69, 9.17) is 0 Å². The Kier molecular flexibility index (Phi) is 7.23. The molecule has 0 bridgehead atoms. The summed E-state index contributed by atoms with van der Waals surface area (Å²) in [6.07, 6.45) is -2.16. The van der Waals surface area contributed by atoms with Gasteiger partial charge in [-0.05, 0) is 5.92 Å². The number of hydrogen-bond donors (Lipinski definition) is 0. The van der Waals surface area contributed by atoms with E-state index in [9.17, 15) is 8.78 Å². The van der Waals surface area contributed by atoms with Gasteiger partial charge in [-0.2, -0.15) is 0 Å². The molecule has 0 amide bonds. The molecule has 0 saturated heterocycles. The van der Waals surface area contributed by atoms with E-state index in [1.54, 1.807) is 21.6 Å². The molecule has 0 aromatic carbocycles. The minimum Gasteiger partial charge on any atom is -0.210 e. The third-order valence-corrected chi connectivity index (χ3v) is 5.24. The van der Waals surface area contributed by atoms with Crippen LogP contribution in [-0.4, -0.2) is 16.9 Å². The Morgan fingerprint density at radius 3 is 1.85 bits per heavy atom. The summed E-state index contributed by atoms with van der Waals surface area (Å²) in [5.74, 6) is 0.324. The van der Waals surface area contributed by atoms with Crippen LogP contribution in [0.1, 0.15) is 34.1 Å². The Bertz CT molecular complexity index is 127. The molecule has 0 heterocycles. The van der Waals surface area contributed by atoms with Crippen molar-refractivity contribution >= 4 is 21.6 Å². The molecule has 1 atom stereocenters. The standard InChI is InChI=1S/C9H18F2S2/c1-6(2)8(5-9(10)11)13-12-7(3)4/h6-9H,5H2,1-4H3/t8-/m1/s1. The fourth-order valence-electron chi connectivity index (χ4n) is 0.781. The molecule has 0 saturated carbocycles. The maximum atomic E-state index is 12.1. The Morgan fingerprint density at radius 1 is 1.00 bits per heavy atom. The van der Waals surface area contributed by atoms with Gasteiger partial charge in [-0.3, -0.25) is 0 Å². The maximum absolute atomic E-state index is 12.1. The molecule has 0 aliphatic heterocycles. The molecule has 0 radical (unpaired) electrons. The normalized spacial score (nSPS) is 14.5. The topological polar surface area (TPSA) is 0 Å². The highest BCUT2D eigenvalue weighted by Gasteiger charge is 2.19. The van der Waals surface area contributed by atoms with E-state index in [2.05, 4.69) is 13.8 Å². The summed E-state index contributed by atoms with van der Waals surface area (Å²) in [4.78, 5) is 0. The van der Waals surface area contributed by atoms with Gasteiger partial charge in [0.1, 0.15) is 0 Å². The van der Waals surface area contributed by atoms with Gasteiger partial charge in [0.2, 0.25) is 6.43 Å². The van der Waals surface area contributed by atoms with E-state index in [1.165, 1.54) is 0 Å². The fourth-order valence-corrected chi connectivity index (χ4v) is 3.59. The first kappa shape index (κ1) is 13.6. The summed E-state index contributed by atoms with van der Waals surface area (Å²) in [7, 11) is 3.30. The lowest BCUT2D eigenvalue weighted by Crippen LogP contribution is -2.14. The van der Waals surface area contributed by atoms with Crippen molar-refractivity contribution in [3.63, 3.8) is 0 Å². The Morgan fingerprint density at radius 2 is 1.54 bits per heavy atom. The average Bonchev–Trinajstić information content (AvgIpc) is 1.96. The zero-order chi connectivity index (χ0) is 10.4. The van der Waals surface area contributed by atoms with Crippen LogP contribution in [0, 0.1) is 5.92 Å². The molecule has 0 nitrogen and oxygen atoms in total. The largest absolute Gasteiger partial charge is 0.239 e. The third-order valence-electron chi connectivity index (χ3n) is 1.53. The van der Waals surface area contributed by atoms with Gasteiger partial charge in [0.25, 0.3) is 0 Å². The summed E-state index contributed by atoms with van der Waals surface area (Å²) < 4.78 is 24.3. The second-order valence-corrected chi connectivity index (χ2v) is 6.74. The lowest BCUT2D eigenvalue weighted by Gasteiger charge is -2.19. The second kappa shape index (κ2) is 6.93. The van der Waals surface area contributed by atoms with Gasteiger partial charge in [-0.25, -0.2) is 8.78 Å². The molecule has 0 aromatic rings. The molecule has 0 rings (SSSR count). The molecule has 0 aliphatic carbocycles. The number of halogens is 2. The molecule has 0 spiro atoms. The monoisotopic (exact) mass is 228 g/mol. The smallest absolute Gasteiger partial charge is 0.210 e. The lowest BCUT2D eigenvalue weighted by atomic mass is 10.1. The molecule has 80 valence electrons. The summed E-state index contributed by atoms with van der Waals surface area (Å²) in [6, 6.07) is 0. The highest BCUT2D eigenvalue weighted by molar-refractivity contribution is 8.77. The van der Waals surface area contributed by atoms with E-state index in [0.717, 1.165) is 0 Å². The van der Waals surface area contributed by atoms with Crippen LogP contribution in [-0.2, 0) is 0 Å². The van der Waals surface area contributed by atoms with Gasteiger partial charge in [-0.15, -0.1) is 0 Å². The van der Waals surface area contributed by atoms with Crippen molar-refractivity contribution in [2.75, 3.05) is 0 Å². The zero-order valence-corrected chi connectivity index (χ0v) is 10.2. The molecule has 0 aromatic heterocycles. The Labute approximate surface area is 87.6 Å². The summed E-state index contributed by atoms with van der Waals surface area (Å²) in [6.45, 7) is 8.16. The third kappa shape index (κ3) is 7.62. The number of alkyl halides is 2. The van der Waals surface area contributed by atoms with Crippen molar-refractivity contribution < 1.29 is 8.78 Å². The van der Waals surface area contributed by atoms with E-state index in [-0.39, 0.29) is 11.7 Å². The molecule has 0 N–H and O–H groups in total. The van der Waals surface area contributed by atoms with E-state index >= 15 is 0 Å². The quantitative estimate of drug-likeness (QED) is 0.616. The molecular weight excluding hydrogens is 210 g/mol. The van der Waals surface area contributed by atoms with Gasteiger partial charge in [0.15, 0.2) is 0 Å². The SMILES string of the molecule is CC(C)SS[C@H](CC(F)F)C(C)C. The Hall–Kier alpha value is 0.560. The molecular formula is C9H18F2S2. The maximum Gasteiger partial charge on any atom is 0.239 e. The van der Waals surface area contributed by atoms with Crippen LogP contribution in [0.3, 0.4) is 0 Å². The van der Waals surface area contributed by atoms with Gasteiger partial charge < -0.3 is 0 Å². The summed E-state index contributed by atoms with van der Waals surface area (Å²) >= 11 is 0. The van der Waals surface area contributed by atoms with Crippen molar-refractivity contribution in [1.82, 2.24) is 0 Å². The van der Waals surface area contributed by atoms with Crippen LogP contribution in [0.5, 0.6) is 0 Å². The van der Waals surface area contributed by atoms with Crippen molar-refractivity contribution in [2.24, 2.45) is 5.92 Å². The lowest BCUT2D eigenvalue weighted by molar-refractivity contribution is 0.132. The van der Waals surface area contributed by atoms with Crippen LogP contribution < -0.4 is 0 Å². The first-order valence-corrected chi connectivity index (χ1v) is 6.81. The first-order chi connectivity index (χ1) is 5.93. The van der Waals surface area contributed by atoms with E-state index in [1.807, 2.05) is 13.8 Å². The van der Waals surface area contributed by atoms with Crippen LogP contribution >= 0.6 is 21.6 Å². The van der Waals surface area contributed by atoms with Gasteiger partial charge in [0, 0.05) is 16.9 Å². The fraction of sp³-hybridized carbons (Fsp3) is 1.00. The zero-order valence-electron chi connectivity index (χ0n) is 8.59. The van der Waals surface area contributed by atoms with Crippen molar-refractivity contribution in [3.8, 4) is 0 Å². The second-order valence-electron chi connectivity index (χ2n) is 3.65. The van der Waals surface area contributed by atoms with Gasteiger partial charge >= 0.3 is 0 Å². The highest BCUT2D eigenvalue weighted by atomic mass is 33.1. The van der Waals surface area contributed by atoms with Gasteiger partial charge in [0.05, 0.1) is 0 Å². The van der Waals surface area contributed by atoms with E-state index < -0.39 is 6.43 Å². The highest BCUT2D eigenvalue weighted by Crippen LogP contribution is 2.37. The van der Waals surface area contributed by atoms with E-state index in [0.29, 0.717) is 11.2 Å². The van der Waals surface area contributed by atoms with Crippen LogP contribution in [0.4, 0.5) is 8.78 Å². The molecule has 4 heteroatoms. The number of hydrogen-bond acceptors (Lipinski definition) is 2. The van der Waals surface area contributed by atoms with Crippen LogP contribution in [0.15, 0.2) is 0 Å². The number of rotatable bonds is 6. The Balaban J connectivity index is 3.81. The van der Waals surface area contributed by atoms with Crippen molar-refractivity contribution in [3.05, 3.63) is 0 Å². The molecule has 0 fully saturated rings. The predicted molar refractivity (Wildman–Crippen MR) is 59.6 cm³/mol. The summed E-state index contributed by atoms with van der Waals surface area (Å²) in [5, 5.41) is 0.580. The van der Waals surface area contributed by atoms with Crippen LogP contribution in [0.25, 0.3) is 0 Å². The van der Waals surface area contributed by atoms with Crippen LogP contribution in [0.2, 0.25) is 0 Å². The van der Waals surface area contributed by atoms with Gasteiger partial charge in [-0.1, -0.05) is 49.3 Å². The summed E-state index contributed by atoms with van der Waals surface area (Å²) in [5.41, 5.74) is 0. The first-order valence-electron chi connectivity index (χ1n) is 4.53.